The van der Waals surface area contributed by atoms with Crippen LogP contribution in [0, 0.1) is 12.7 Å². The fraction of sp³-hybridized carbons (Fsp3) is 0.440. The van der Waals surface area contributed by atoms with Crippen LogP contribution in [-0.4, -0.2) is 60.9 Å². The van der Waals surface area contributed by atoms with Gasteiger partial charge in [0, 0.05) is 37.5 Å². The molecule has 2 heterocycles. The first-order valence-corrected chi connectivity index (χ1v) is 13.7. The van der Waals surface area contributed by atoms with Gasteiger partial charge in [0.05, 0.1) is 28.5 Å². The zero-order valence-corrected chi connectivity index (χ0v) is 21.7. The Morgan fingerprint density at radius 2 is 1.97 bits per heavy atom. The molecule has 0 unspecified atom stereocenters. The highest BCUT2D eigenvalue weighted by Gasteiger charge is 2.21. The second kappa shape index (κ2) is 12.3. The molecule has 1 amide bonds. The minimum absolute atomic E-state index is 0.0783. The van der Waals surface area contributed by atoms with Gasteiger partial charge in [-0.25, -0.2) is 9.37 Å². The van der Waals surface area contributed by atoms with E-state index in [-0.39, 0.29) is 11.7 Å². The molecule has 4 rings (SSSR count). The molecule has 1 fully saturated rings. The van der Waals surface area contributed by atoms with E-state index < -0.39 is 0 Å². The lowest BCUT2D eigenvalue weighted by Gasteiger charge is -2.27. The number of fused-ring (bicyclic) bond motifs is 1. The molecule has 0 atom stereocenters. The number of carbonyl (C=O) groups is 1. The molecule has 1 aromatic heterocycles. The maximum absolute atomic E-state index is 13.3. The van der Waals surface area contributed by atoms with E-state index in [0.29, 0.717) is 23.1 Å². The van der Waals surface area contributed by atoms with Gasteiger partial charge in [-0.05, 0) is 61.4 Å². The van der Waals surface area contributed by atoms with Crippen LogP contribution in [0.1, 0.15) is 24.8 Å². The van der Waals surface area contributed by atoms with E-state index in [0.717, 1.165) is 72.1 Å². The van der Waals surface area contributed by atoms with Crippen LogP contribution in [-0.2, 0) is 9.53 Å². The number of halogens is 2. The highest BCUT2D eigenvalue weighted by Crippen LogP contribution is 2.36. The molecule has 2 aromatic carbocycles. The van der Waals surface area contributed by atoms with Gasteiger partial charge in [-0.15, -0.1) is 11.8 Å². The molecular weight excluding hydrogens is 493 g/mol. The van der Waals surface area contributed by atoms with Gasteiger partial charge in [-0.3, -0.25) is 14.6 Å². The fourth-order valence-electron chi connectivity index (χ4n) is 3.89. The van der Waals surface area contributed by atoms with Gasteiger partial charge in [-0.1, -0.05) is 29.0 Å². The summed E-state index contributed by atoms with van der Waals surface area (Å²) in [7, 11) is 0. The van der Waals surface area contributed by atoms with Crippen molar-refractivity contribution in [3.05, 3.63) is 52.8 Å². The first-order valence-electron chi connectivity index (χ1n) is 11.6. The summed E-state index contributed by atoms with van der Waals surface area (Å²) < 4.78 is 19.5. The van der Waals surface area contributed by atoms with E-state index in [9.17, 15) is 9.18 Å². The summed E-state index contributed by atoms with van der Waals surface area (Å²) in [4.78, 5) is 23.3. The highest BCUT2D eigenvalue weighted by atomic mass is 35.5. The number of rotatable bonds is 10. The Balaban J connectivity index is 1.40. The fourth-order valence-corrected chi connectivity index (χ4v) is 6.10. The van der Waals surface area contributed by atoms with Crippen molar-refractivity contribution in [2.75, 3.05) is 50.0 Å². The molecule has 1 saturated heterocycles. The van der Waals surface area contributed by atoms with Crippen LogP contribution >= 0.6 is 34.7 Å². The summed E-state index contributed by atoms with van der Waals surface area (Å²) in [6, 6.07) is 10.3. The number of carbonyl (C=O) groups excluding carboxylic acids is 1. The van der Waals surface area contributed by atoms with Crippen LogP contribution in [0.5, 0.6) is 0 Å². The van der Waals surface area contributed by atoms with E-state index in [4.69, 9.17) is 21.3 Å². The quantitative estimate of drug-likeness (QED) is 0.241. The molecule has 0 N–H and O–H groups in total. The molecule has 9 heteroatoms. The van der Waals surface area contributed by atoms with E-state index in [1.54, 1.807) is 23.9 Å². The predicted molar refractivity (Wildman–Crippen MR) is 140 cm³/mol. The van der Waals surface area contributed by atoms with Crippen molar-refractivity contribution in [2.24, 2.45) is 0 Å². The molecule has 1 aliphatic rings. The molecule has 1 aliphatic heterocycles. The normalized spacial score (nSPS) is 14.6. The van der Waals surface area contributed by atoms with Crippen molar-refractivity contribution in [3.63, 3.8) is 0 Å². The lowest BCUT2D eigenvalue weighted by molar-refractivity contribution is -0.118. The Kier molecular flexibility index (Phi) is 9.19. The number of ether oxygens (including phenoxy) is 1. The number of hydrogen-bond acceptors (Lipinski definition) is 6. The molecule has 0 aliphatic carbocycles. The minimum Gasteiger partial charge on any atom is -0.379 e. The van der Waals surface area contributed by atoms with Gasteiger partial charge in [0.15, 0.2) is 5.13 Å². The van der Waals surface area contributed by atoms with E-state index in [1.807, 2.05) is 24.0 Å². The van der Waals surface area contributed by atoms with Crippen molar-refractivity contribution in [2.45, 2.75) is 31.1 Å². The number of thioether (sulfide) groups is 1. The molecule has 5 nitrogen and oxygen atoms in total. The molecule has 0 spiro atoms. The third-order valence-electron chi connectivity index (χ3n) is 5.80. The standard InChI is InChI=1S/C25H29ClFN3O2S2/c1-18-5-10-21(26)24-23(18)28-25(34-24)30(12-3-11-29-13-15-32-16-14-29)22(31)4-2-17-33-20-8-6-19(27)7-9-20/h5-10H,2-4,11-17H2,1H3. The number of anilines is 1. The Bertz CT molecular complexity index is 1060. The van der Waals surface area contributed by atoms with Crippen molar-refractivity contribution >= 4 is 56.0 Å². The Hall–Kier alpha value is -1.71. The highest BCUT2D eigenvalue weighted by molar-refractivity contribution is 7.99. The predicted octanol–water partition coefficient (Wildman–Crippen LogP) is 6.03. The van der Waals surface area contributed by atoms with Crippen LogP contribution in [0.25, 0.3) is 10.2 Å². The minimum atomic E-state index is -0.238. The molecule has 34 heavy (non-hydrogen) atoms. The smallest absolute Gasteiger partial charge is 0.228 e. The van der Waals surface area contributed by atoms with E-state index in [2.05, 4.69) is 4.90 Å². The van der Waals surface area contributed by atoms with E-state index >= 15 is 0 Å². The van der Waals surface area contributed by atoms with Crippen LogP contribution in [0.15, 0.2) is 41.3 Å². The van der Waals surface area contributed by atoms with Crippen LogP contribution < -0.4 is 4.90 Å². The molecular formula is C25H29ClFN3O2S2. The summed E-state index contributed by atoms with van der Waals surface area (Å²) in [5, 5.41) is 1.38. The first kappa shape index (κ1) is 25.4. The number of aryl methyl sites for hydroxylation is 1. The Morgan fingerprint density at radius 1 is 1.21 bits per heavy atom. The maximum atomic E-state index is 13.3. The number of morpholine rings is 1. The monoisotopic (exact) mass is 521 g/mol. The topological polar surface area (TPSA) is 45.7 Å². The largest absolute Gasteiger partial charge is 0.379 e. The zero-order valence-electron chi connectivity index (χ0n) is 19.3. The van der Waals surface area contributed by atoms with Crippen molar-refractivity contribution < 1.29 is 13.9 Å². The molecule has 0 radical (unpaired) electrons. The second-order valence-corrected chi connectivity index (χ2v) is 10.9. The lowest BCUT2D eigenvalue weighted by atomic mass is 10.2. The molecule has 3 aromatic rings. The number of benzene rings is 2. The number of aromatic nitrogens is 1. The SMILES string of the molecule is Cc1ccc(Cl)c2sc(N(CCCN3CCOCC3)C(=O)CCCSc3ccc(F)cc3)nc12. The zero-order chi connectivity index (χ0) is 23.9. The summed E-state index contributed by atoms with van der Waals surface area (Å²) in [5.41, 5.74) is 1.92. The number of thiazole rings is 1. The van der Waals surface area contributed by atoms with E-state index in [1.165, 1.54) is 23.5 Å². The Labute approximate surface area is 213 Å². The van der Waals surface area contributed by atoms with Crippen LogP contribution in [0.2, 0.25) is 5.02 Å². The molecule has 0 bridgehead atoms. The number of hydrogen-bond donors (Lipinski definition) is 0. The number of amides is 1. The van der Waals surface area contributed by atoms with Crippen molar-refractivity contribution in [3.8, 4) is 0 Å². The van der Waals surface area contributed by atoms with Gasteiger partial charge in [0.25, 0.3) is 0 Å². The third-order valence-corrected chi connectivity index (χ3v) is 8.43. The summed E-state index contributed by atoms with van der Waals surface area (Å²) >= 11 is 9.55. The summed E-state index contributed by atoms with van der Waals surface area (Å²) in [6.45, 7) is 6.97. The molecule has 182 valence electrons. The van der Waals surface area contributed by atoms with Crippen molar-refractivity contribution in [1.82, 2.24) is 9.88 Å². The van der Waals surface area contributed by atoms with Crippen LogP contribution in [0.4, 0.5) is 9.52 Å². The lowest BCUT2D eigenvalue weighted by Crippen LogP contribution is -2.39. The second-order valence-electron chi connectivity index (χ2n) is 8.30. The summed E-state index contributed by atoms with van der Waals surface area (Å²) in [5.74, 6) is 0.636. The van der Waals surface area contributed by atoms with Gasteiger partial charge in [0.2, 0.25) is 5.91 Å². The Morgan fingerprint density at radius 3 is 2.71 bits per heavy atom. The van der Waals surface area contributed by atoms with Crippen molar-refractivity contribution in [1.29, 1.82) is 0 Å². The average molecular weight is 522 g/mol. The van der Waals surface area contributed by atoms with Crippen LogP contribution in [0.3, 0.4) is 0 Å². The van der Waals surface area contributed by atoms with Gasteiger partial charge in [0.1, 0.15) is 5.82 Å². The first-order chi connectivity index (χ1) is 16.5. The average Bonchev–Trinajstić information content (AvgIpc) is 3.30. The molecule has 0 saturated carbocycles. The van der Waals surface area contributed by atoms with Gasteiger partial charge in [-0.2, -0.15) is 0 Å². The maximum Gasteiger partial charge on any atom is 0.228 e. The van der Waals surface area contributed by atoms with Gasteiger partial charge < -0.3 is 4.74 Å². The summed E-state index contributed by atoms with van der Waals surface area (Å²) in [6.07, 6.45) is 2.05. The third kappa shape index (κ3) is 6.70. The number of nitrogens with zero attached hydrogens (tertiary/aromatic N) is 3. The van der Waals surface area contributed by atoms with Gasteiger partial charge >= 0.3 is 0 Å².